The summed E-state index contributed by atoms with van der Waals surface area (Å²) in [6.45, 7) is 4.67. The Bertz CT molecular complexity index is 213. The molecule has 0 heterocycles. The van der Waals surface area contributed by atoms with Gasteiger partial charge in [-0.05, 0) is 12.3 Å². The zero-order valence-corrected chi connectivity index (χ0v) is 12.0. The lowest BCUT2D eigenvalue weighted by atomic mass is 10.0. The van der Waals surface area contributed by atoms with Crippen LogP contribution in [0, 0.1) is 5.92 Å². The molecule has 0 aromatic carbocycles. The predicted molar refractivity (Wildman–Crippen MR) is 69.8 cm³/mol. The fourth-order valence-electron chi connectivity index (χ4n) is 1.72. The zero-order valence-electron chi connectivity index (χ0n) is 11.1. The van der Waals surface area contributed by atoms with Crippen LogP contribution in [0.15, 0.2) is 0 Å². The molecule has 4 nitrogen and oxygen atoms in total. The van der Waals surface area contributed by atoms with Crippen molar-refractivity contribution in [1.82, 2.24) is 0 Å². The Labute approximate surface area is 105 Å². The fourth-order valence-corrected chi connectivity index (χ4v) is 2.09. The highest BCUT2D eigenvalue weighted by molar-refractivity contribution is 7.46. The van der Waals surface area contributed by atoms with Gasteiger partial charge in [0.15, 0.2) is 0 Å². The Kier molecular flexibility index (Phi) is 10.1. The van der Waals surface area contributed by atoms with E-state index in [4.69, 9.17) is 9.79 Å². The highest BCUT2D eigenvalue weighted by Crippen LogP contribution is 2.35. The van der Waals surface area contributed by atoms with Crippen molar-refractivity contribution in [2.24, 2.45) is 5.92 Å². The van der Waals surface area contributed by atoms with Gasteiger partial charge in [-0.2, -0.15) is 0 Å². The summed E-state index contributed by atoms with van der Waals surface area (Å²) < 4.78 is 14.7. The van der Waals surface area contributed by atoms with Crippen LogP contribution in [0.3, 0.4) is 0 Å². The summed E-state index contributed by atoms with van der Waals surface area (Å²) in [5.41, 5.74) is 0. The van der Waals surface area contributed by atoms with E-state index in [1.807, 2.05) is 0 Å². The van der Waals surface area contributed by atoms with Gasteiger partial charge in [0, 0.05) is 0 Å². The third kappa shape index (κ3) is 16.1. The second-order valence-corrected chi connectivity index (χ2v) is 6.22. The molecule has 0 amide bonds. The number of unbranched alkanes of at least 4 members (excludes halogenated alkanes) is 6. The van der Waals surface area contributed by atoms with E-state index in [1.54, 1.807) is 0 Å². The SMILES string of the molecule is CC(C)CCCCCCCCCOP(=O)(O)O. The summed E-state index contributed by atoms with van der Waals surface area (Å²) in [6.07, 6.45) is 9.28. The van der Waals surface area contributed by atoms with E-state index < -0.39 is 7.82 Å². The molecule has 0 fully saturated rings. The Morgan fingerprint density at radius 3 is 1.88 bits per heavy atom. The summed E-state index contributed by atoms with van der Waals surface area (Å²) in [7, 11) is -4.25. The van der Waals surface area contributed by atoms with Crippen LogP contribution in [-0.2, 0) is 9.09 Å². The van der Waals surface area contributed by atoms with Gasteiger partial charge in [-0.3, -0.25) is 4.52 Å². The van der Waals surface area contributed by atoms with E-state index in [9.17, 15) is 4.57 Å². The van der Waals surface area contributed by atoms with Crippen molar-refractivity contribution < 1.29 is 18.9 Å². The number of phosphoric ester groups is 1. The smallest absolute Gasteiger partial charge is 0.303 e. The number of rotatable bonds is 11. The maximum Gasteiger partial charge on any atom is 0.469 e. The Hall–Kier alpha value is 0.110. The molecule has 0 aliphatic rings. The van der Waals surface area contributed by atoms with Gasteiger partial charge in [0.2, 0.25) is 0 Å². The standard InChI is InChI=1S/C12H27O4P/c1-12(2)10-8-6-4-3-5-7-9-11-16-17(13,14)15/h12H,3-11H2,1-2H3,(H2,13,14,15). The minimum absolute atomic E-state index is 0.164. The Balaban J connectivity index is 3.06. The number of hydrogen-bond acceptors (Lipinski definition) is 2. The minimum atomic E-state index is -4.25. The van der Waals surface area contributed by atoms with Gasteiger partial charge >= 0.3 is 7.82 Å². The highest BCUT2D eigenvalue weighted by Gasteiger charge is 2.12. The van der Waals surface area contributed by atoms with Crippen molar-refractivity contribution in [3.05, 3.63) is 0 Å². The molecule has 0 spiro atoms. The van der Waals surface area contributed by atoms with Crippen LogP contribution < -0.4 is 0 Å². The highest BCUT2D eigenvalue weighted by atomic mass is 31.2. The van der Waals surface area contributed by atoms with Crippen LogP contribution in [0.4, 0.5) is 0 Å². The van der Waals surface area contributed by atoms with Gasteiger partial charge in [0.05, 0.1) is 6.61 Å². The molecule has 0 atom stereocenters. The topological polar surface area (TPSA) is 66.8 Å². The monoisotopic (exact) mass is 266 g/mol. The minimum Gasteiger partial charge on any atom is -0.303 e. The molecule has 17 heavy (non-hydrogen) atoms. The van der Waals surface area contributed by atoms with Crippen molar-refractivity contribution in [3.8, 4) is 0 Å². The van der Waals surface area contributed by atoms with Crippen LogP contribution >= 0.6 is 7.82 Å². The molecule has 0 saturated heterocycles. The van der Waals surface area contributed by atoms with Crippen LogP contribution in [0.2, 0.25) is 0 Å². The van der Waals surface area contributed by atoms with Crippen LogP contribution in [0.5, 0.6) is 0 Å². The largest absolute Gasteiger partial charge is 0.469 e. The quantitative estimate of drug-likeness (QED) is 0.440. The first-order valence-corrected chi connectivity index (χ1v) is 8.15. The molecule has 104 valence electrons. The van der Waals surface area contributed by atoms with Gasteiger partial charge in [-0.15, -0.1) is 0 Å². The first kappa shape index (κ1) is 17.1. The van der Waals surface area contributed by atoms with Gasteiger partial charge in [0.1, 0.15) is 0 Å². The summed E-state index contributed by atoms with van der Waals surface area (Å²) in [5, 5.41) is 0. The number of phosphoric acid groups is 1. The van der Waals surface area contributed by atoms with E-state index in [0.29, 0.717) is 0 Å². The van der Waals surface area contributed by atoms with E-state index in [2.05, 4.69) is 18.4 Å². The molecule has 0 aromatic heterocycles. The second kappa shape index (κ2) is 10.1. The van der Waals surface area contributed by atoms with Crippen molar-refractivity contribution in [2.45, 2.75) is 65.2 Å². The Morgan fingerprint density at radius 1 is 0.941 bits per heavy atom. The lowest BCUT2D eigenvalue weighted by molar-refractivity contribution is 0.193. The maximum absolute atomic E-state index is 10.4. The molecule has 0 saturated carbocycles. The zero-order chi connectivity index (χ0) is 13.1. The summed E-state index contributed by atoms with van der Waals surface area (Å²) in [5.74, 6) is 0.805. The third-order valence-corrected chi connectivity index (χ3v) is 3.20. The van der Waals surface area contributed by atoms with Gasteiger partial charge in [-0.1, -0.05) is 58.8 Å². The molecule has 0 radical (unpaired) electrons. The predicted octanol–water partition coefficient (Wildman–Crippen LogP) is 3.87. The molecule has 0 bridgehead atoms. The molecule has 0 rings (SSSR count). The lowest BCUT2D eigenvalue weighted by Gasteiger charge is -2.05. The van der Waals surface area contributed by atoms with Crippen molar-refractivity contribution in [2.75, 3.05) is 6.61 Å². The molecule has 2 N–H and O–H groups in total. The van der Waals surface area contributed by atoms with E-state index in [0.717, 1.165) is 25.2 Å². The van der Waals surface area contributed by atoms with E-state index in [1.165, 1.54) is 32.1 Å². The van der Waals surface area contributed by atoms with Gasteiger partial charge in [0.25, 0.3) is 0 Å². The number of hydrogen-bond donors (Lipinski definition) is 2. The van der Waals surface area contributed by atoms with Crippen LogP contribution in [0.1, 0.15) is 65.2 Å². The third-order valence-electron chi connectivity index (χ3n) is 2.69. The average Bonchev–Trinajstić information content (AvgIpc) is 2.18. The molecule has 0 aliphatic heterocycles. The first-order chi connectivity index (χ1) is 7.92. The fraction of sp³-hybridized carbons (Fsp3) is 1.00. The summed E-state index contributed by atoms with van der Waals surface area (Å²) >= 11 is 0. The molecule has 0 unspecified atom stereocenters. The molecule has 5 heteroatoms. The average molecular weight is 266 g/mol. The normalized spacial score (nSPS) is 12.3. The van der Waals surface area contributed by atoms with Crippen LogP contribution in [-0.4, -0.2) is 16.4 Å². The summed E-state index contributed by atoms with van der Waals surface area (Å²) in [6, 6.07) is 0. The van der Waals surface area contributed by atoms with E-state index in [-0.39, 0.29) is 6.61 Å². The first-order valence-electron chi connectivity index (χ1n) is 6.62. The lowest BCUT2D eigenvalue weighted by Crippen LogP contribution is -1.92. The molecule has 0 aliphatic carbocycles. The van der Waals surface area contributed by atoms with Gasteiger partial charge < -0.3 is 9.79 Å². The summed E-state index contributed by atoms with van der Waals surface area (Å²) in [4.78, 5) is 16.9. The van der Waals surface area contributed by atoms with Crippen molar-refractivity contribution >= 4 is 7.82 Å². The second-order valence-electron chi connectivity index (χ2n) is 4.98. The Morgan fingerprint density at radius 2 is 1.41 bits per heavy atom. The van der Waals surface area contributed by atoms with Crippen LogP contribution in [0.25, 0.3) is 0 Å². The van der Waals surface area contributed by atoms with E-state index >= 15 is 0 Å². The van der Waals surface area contributed by atoms with Crippen molar-refractivity contribution in [3.63, 3.8) is 0 Å². The van der Waals surface area contributed by atoms with Gasteiger partial charge in [-0.25, -0.2) is 4.57 Å². The molecular weight excluding hydrogens is 239 g/mol. The molecule has 0 aromatic rings. The molecular formula is C12H27O4P. The maximum atomic E-state index is 10.4. The van der Waals surface area contributed by atoms with Crippen molar-refractivity contribution in [1.29, 1.82) is 0 Å².